The fourth-order valence-electron chi connectivity index (χ4n) is 1.93. The van der Waals surface area contributed by atoms with E-state index < -0.39 is 0 Å². The third kappa shape index (κ3) is 3.45. The molecule has 0 amide bonds. The zero-order valence-electron chi connectivity index (χ0n) is 11.3. The van der Waals surface area contributed by atoms with Gasteiger partial charge in [-0.05, 0) is 18.7 Å². The van der Waals surface area contributed by atoms with Gasteiger partial charge in [-0.25, -0.2) is 4.98 Å². The number of aromatic nitrogens is 1. The van der Waals surface area contributed by atoms with Gasteiger partial charge in [-0.15, -0.1) is 11.3 Å². The summed E-state index contributed by atoms with van der Waals surface area (Å²) < 4.78 is 5.37. The van der Waals surface area contributed by atoms with E-state index in [9.17, 15) is 0 Å². The molecule has 1 aromatic heterocycles. The molecule has 19 heavy (non-hydrogen) atoms. The van der Waals surface area contributed by atoms with Crippen LogP contribution in [0.25, 0.3) is 0 Å². The molecule has 0 saturated heterocycles. The topological polar surface area (TPSA) is 51.4 Å². The summed E-state index contributed by atoms with van der Waals surface area (Å²) in [6, 6.07) is 7.99. The van der Waals surface area contributed by atoms with Crippen LogP contribution >= 0.6 is 11.3 Å². The smallest absolute Gasteiger partial charge is 0.142 e. The van der Waals surface area contributed by atoms with Crippen LogP contribution in [0.1, 0.15) is 10.7 Å². The number of ether oxygens (including phenoxy) is 1. The molecule has 5 heteroatoms. The molecule has 0 atom stereocenters. The van der Waals surface area contributed by atoms with Crippen LogP contribution in [-0.4, -0.2) is 25.7 Å². The fourth-order valence-corrected chi connectivity index (χ4v) is 2.74. The number of hydrogen-bond acceptors (Lipinski definition) is 5. The number of nitrogens with two attached hydrogens (primary N) is 1. The van der Waals surface area contributed by atoms with E-state index in [0.29, 0.717) is 6.54 Å². The normalized spacial score (nSPS) is 10.5. The lowest BCUT2D eigenvalue weighted by Gasteiger charge is -2.20. The SMILES string of the molecule is COc1ccccc1N(C)Cc1csc(CCN)n1. The maximum absolute atomic E-state index is 5.54. The first kappa shape index (κ1) is 13.8. The first-order chi connectivity index (χ1) is 9.24. The summed E-state index contributed by atoms with van der Waals surface area (Å²) in [5.74, 6) is 0.877. The summed E-state index contributed by atoms with van der Waals surface area (Å²) in [6.45, 7) is 1.41. The van der Waals surface area contributed by atoms with Crippen LogP contribution in [0.2, 0.25) is 0 Å². The van der Waals surface area contributed by atoms with Crippen LogP contribution in [0.15, 0.2) is 29.6 Å². The Balaban J connectivity index is 2.09. The lowest BCUT2D eigenvalue weighted by Crippen LogP contribution is -2.17. The van der Waals surface area contributed by atoms with Crippen molar-refractivity contribution in [3.05, 3.63) is 40.3 Å². The number of benzene rings is 1. The van der Waals surface area contributed by atoms with Crippen molar-refractivity contribution in [2.75, 3.05) is 25.6 Å². The molecule has 2 rings (SSSR count). The van der Waals surface area contributed by atoms with Gasteiger partial charge in [0.05, 0.1) is 30.0 Å². The second kappa shape index (κ2) is 6.54. The van der Waals surface area contributed by atoms with Crippen LogP contribution < -0.4 is 15.4 Å². The highest BCUT2D eigenvalue weighted by Gasteiger charge is 2.09. The van der Waals surface area contributed by atoms with Crippen LogP contribution in [0, 0.1) is 0 Å². The molecule has 0 radical (unpaired) electrons. The van der Waals surface area contributed by atoms with E-state index in [-0.39, 0.29) is 0 Å². The molecule has 4 nitrogen and oxygen atoms in total. The third-order valence-corrected chi connectivity index (χ3v) is 3.81. The predicted octanol–water partition coefficient (Wildman–Crippen LogP) is 2.29. The Hall–Kier alpha value is -1.59. The van der Waals surface area contributed by atoms with Crippen molar-refractivity contribution in [1.82, 2.24) is 4.98 Å². The molecule has 0 saturated carbocycles. The summed E-state index contributed by atoms with van der Waals surface area (Å²) in [5, 5.41) is 3.20. The van der Waals surface area contributed by atoms with E-state index in [1.54, 1.807) is 18.4 Å². The maximum atomic E-state index is 5.54. The van der Waals surface area contributed by atoms with Crippen molar-refractivity contribution in [3.8, 4) is 5.75 Å². The largest absolute Gasteiger partial charge is 0.495 e. The Bertz CT molecular complexity index is 527. The van der Waals surface area contributed by atoms with E-state index in [2.05, 4.69) is 15.3 Å². The molecule has 0 aliphatic heterocycles. The minimum atomic E-state index is 0.648. The summed E-state index contributed by atoms with van der Waals surface area (Å²) in [7, 11) is 3.73. The number of hydrogen-bond donors (Lipinski definition) is 1. The number of anilines is 1. The molecule has 1 heterocycles. The molecule has 102 valence electrons. The molecule has 0 aliphatic carbocycles. The highest BCUT2D eigenvalue weighted by molar-refractivity contribution is 7.09. The highest BCUT2D eigenvalue weighted by Crippen LogP contribution is 2.27. The van der Waals surface area contributed by atoms with Crippen molar-refractivity contribution >= 4 is 17.0 Å². The van der Waals surface area contributed by atoms with E-state index in [1.807, 2.05) is 31.3 Å². The first-order valence-corrected chi connectivity index (χ1v) is 7.10. The summed E-state index contributed by atoms with van der Waals surface area (Å²) in [4.78, 5) is 6.72. The summed E-state index contributed by atoms with van der Waals surface area (Å²) >= 11 is 1.67. The minimum Gasteiger partial charge on any atom is -0.495 e. The van der Waals surface area contributed by atoms with Crippen molar-refractivity contribution in [1.29, 1.82) is 0 Å². The van der Waals surface area contributed by atoms with Gasteiger partial charge in [-0.1, -0.05) is 12.1 Å². The minimum absolute atomic E-state index is 0.648. The average Bonchev–Trinajstić information content (AvgIpc) is 2.86. The molecule has 0 aliphatic rings. The molecule has 0 fully saturated rings. The van der Waals surface area contributed by atoms with Crippen LogP contribution in [0.5, 0.6) is 5.75 Å². The molecule has 2 aromatic rings. The Morgan fingerprint density at radius 3 is 2.89 bits per heavy atom. The maximum Gasteiger partial charge on any atom is 0.142 e. The molecule has 2 N–H and O–H groups in total. The van der Waals surface area contributed by atoms with Gasteiger partial charge in [0.2, 0.25) is 0 Å². The third-order valence-electron chi connectivity index (χ3n) is 2.85. The lowest BCUT2D eigenvalue weighted by atomic mass is 10.2. The second-order valence-electron chi connectivity index (χ2n) is 4.30. The van der Waals surface area contributed by atoms with Gasteiger partial charge in [0.25, 0.3) is 0 Å². The summed E-state index contributed by atoms with van der Waals surface area (Å²) in [5.41, 5.74) is 7.68. The Morgan fingerprint density at radius 2 is 2.16 bits per heavy atom. The van der Waals surface area contributed by atoms with E-state index in [1.165, 1.54) is 0 Å². The zero-order chi connectivity index (χ0) is 13.7. The molecule has 1 aromatic carbocycles. The van der Waals surface area contributed by atoms with Crippen molar-refractivity contribution < 1.29 is 4.74 Å². The number of nitrogens with zero attached hydrogens (tertiary/aromatic N) is 2. The Kier molecular flexibility index (Phi) is 4.76. The fraction of sp³-hybridized carbons (Fsp3) is 0.357. The van der Waals surface area contributed by atoms with Crippen LogP contribution in [0.3, 0.4) is 0 Å². The van der Waals surface area contributed by atoms with Gasteiger partial charge in [0.15, 0.2) is 0 Å². The number of thiazole rings is 1. The predicted molar refractivity (Wildman–Crippen MR) is 80.0 cm³/mol. The lowest BCUT2D eigenvalue weighted by molar-refractivity contribution is 0.414. The molecule has 0 bridgehead atoms. The van der Waals surface area contributed by atoms with Gasteiger partial charge in [0.1, 0.15) is 5.75 Å². The standard InChI is InChI=1S/C14H19N3OS/c1-17(12-5-3-4-6-13(12)18-2)9-11-10-19-14(16-11)7-8-15/h3-6,10H,7-9,15H2,1-2H3. The van der Waals surface area contributed by atoms with E-state index in [4.69, 9.17) is 10.5 Å². The average molecular weight is 277 g/mol. The van der Waals surface area contributed by atoms with Gasteiger partial charge >= 0.3 is 0 Å². The van der Waals surface area contributed by atoms with Crippen LogP contribution in [-0.2, 0) is 13.0 Å². The second-order valence-corrected chi connectivity index (χ2v) is 5.24. The summed E-state index contributed by atoms with van der Waals surface area (Å²) in [6.07, 6.45) is 0.850. The number of methoxy groups -OCH3 is 1. The van der Waals surface area contributed by atoms with Gasteiger partial charge < -0.3 is 15.4 Å². The van der Waals surface area contributed by atoms with Gasteiger partial charge in [-0.2, -0.15) is 0 Å². The molecular weight excluding hydrogens is 258 g/mol. The number of rotatable bonds is 6. The van der Waals surface area contributed by atoms with Crippen molar-refractivity contribution in [3.63, 3.8) is 0 Å². The Morgan fingerprint density at radius 1 is 1.37 bits per heavy atom. The number of para-hydroxylation sites is 2. The van der Waals surface area contributed by atoms with Crippen LogP contribution in [0.4, 0.5) is 5.69 Å². The van der Waals surface area contributed by atoms with Crippen molar-refractivity contribution in [2.24, 2.45) is 5.73 Å². The monoisotopic (exact) mass is 277 g/mol. The highest BCUT2D eigenvalue weighted by atomic mass is 32.1. The zero-order valence-corrected chi connectivity index (χ0v) is 12.1. The quantitative estimate of drug-likeness (QED) is 0.880. The van der Waals surface area contributed by atoms with E-state index in [0.717, 1.165) is 35.1 Å². The van der Waals surface area contributed by atoms with Gasteiger partial charge in [0, 0.05) is 18.8 Å². The molecular formula is C14H19N3OS. The first-order valence-electron chi connectivity index (χ1n) is 6.22. The Labute approximate surface area is 117 Å². The molecule has 0 unspecified atom stereocenters. The molecule has 0 spiro atoms. The van der Waals surface area contributed by atoms with Crippen molar-refractivity contribution in [2.45, 2.75) is 13.0 Å². The van der Waals surface area contributed by atoms with Gasteiger partial charge in [-0.3, -0.25) is 0 Å². The van der Waals surface area contributed by atoms with E-state index >= 15 is 0 Å².